The first-order valence-corrected chi connectivity index (χ1v) is 12.7. The molecule has 8 nitrogen and oxygen atoms in total. The minimum Gasteiger partial charge on any atom is -0.465 e. The lowest BCUT2D eigenvalue weighted by Gasteiger charge is -2.37. The Morgan fingerprint density at radius 3 is 2.11 bits per heavy atom. The van der Waals surface area contributed by atoms with Crippen molar-refractivity contribution >= 4 is 46.5 Å². The zero-order valence-corrected chi connectivity index (χ0v) is 22.4. The molecule has 2 N–H and O–H groups in total. The number of hydrogen-bond donors (Lipinski definition) is 2. The quantitative estimate of drug-likeness (QED) is 0.378. The topological polar surface area (TPSA) is 91.0 Å². The normalized spacial score (nSPS) is 13.0. The van der Waals surface area contributed by atoms with Crippen LogP contribution in [0.4, 0.5) is 11.4 Å². The predicted octanol–water partition coefficient (Wildman–Crippen LogP) is 4.18. The van der Waals surface area contributed by atoms with Crippen molar-refractivity contribution in [2.45, 2.75) is 13.8 Å². The van der Waals surface area contributed by atoms with E-state index in [1.165, 1.54) is 7.11 Å². The van der Waals surface area contributed by atoms with Crippen molar-refractivity contribution in [1.82, 2.24) is 10.2 Å². The van der Waals surface area contributed by atoms with Gasteiger partial charge in [-0.25, -0.2) is 4.79 Å². The van der Waals surface area contributed by atoms with Crippen LogP contribution in [0.3, 0.4) is 0 Å². The summed E-state index contributed by atoms with van der Waals surface area (Å²) < 4.78 is 4.88. The number of carbonyl (C=O) groups excluding carboxylic acids is 3. The number of ether oxygens (including phenoxy) is 1. The number of hydrogen-bond acceptors (Lipinski definition) is 6. The van der Waals surface area contributed by atoms with Gasteiger partial charge in [-0.1, -0.05) is 35.4 Å². The largest absolute Gasteiger partial charge is 0.465 e. The van der Waals surface area contributed by atoms with E-state index < -0.39 is 5.97 Å². The van der Waals surface area contributed by atoms with Gasteiger partial charge in [-0.15, -0.1) is 0 Å². The van der Waals surface area contributed by atoms with Crippen LogP contribution in [0, 0.1) is 13.8 Å². The van der Waals surface area contributed by atoms with E-state index in [0.29, 0.717) is 48.6 Å². The lowest BCUT2D eigenvalue weighted by atomic mass is 10.1. The summed E-state index contributed by atoms with van der Waals surface area (Å²) in [6.07, 6.45) is 0. The van der Waals surface area contributed by atoms with Gasteiger partial charge in [-0.05, 0) is 68.5 Å². The maximum absolute atomic E-state index is 12.9. The molecule has 9 heteroatoms. The van der Waals surface area contributed by atoms with Gasteiger partial charge in [0.1, 0.15) is 0 Å². The Balaban J connectivity index is 1.50. The van der Waals surface area contributed by atoms with Crippen molar-refractivity contribution in [3.63, 3.8) is 0 Å². The number of anilines is 2. The van der Waals surface area contributed by atoms with Crippen LogP contribution in [-0.4, -0.2) is 61.1 Å². The lowest BCUT2D eigenvalue weighted by Crippen LogP contribution is -2.49. The predicted molar refractivity (Wildman–Crippen MR) is 152 cm³/mol. The van der Waals surface area contributed by atoms with Crippen LogP contribution >= 0.6 is 12.2 Å². The molecule has 0 spiro atoms. The number of aryl methyl sites for hydroxylation is 2. The third-order valence-electron chi connectivity index (χ3n) is 6.31. The van der Waals surface area contributed by atoms with Gasteiger partial charge in [0.2, 0.25) is 0 Å². The highest BCUT2D eigenvalue weighted by molar-refractivity contribution is 7.80. The monoisotopic (exact) mass is 530 g/mol. The SMILES string of the molecule is COC(=O)c1ccc(N2CCN(C(=O)c3ccccc3)CC2)c(NC(=S)NC(=O)c2cc(C)cc(C)c2)c1. The first-order valence-electron chi connectivity index (χ1n) is 12.3. The fourth-order valence-corrected chi connectivity index (χ4v) is 4.71. The molecule has 0 aromatic heterocycles. The van der Waals surface area contributed by atoms with E-state index in [9.17, 15) is 14.4 Å². The summed E-state index contributed by atoms with van der Waals surface area (Å²) in [7, 11) is 1.32. The van der Waals surface area contributed by atoms with E-state index in [2.05, 4.69) is 15.5 Å². The lowest BCUT2D eigenvalue weighted by molar-refractivity contribution is 0.0600. The maximum atomic E-state index is 12.9. The molecule has 1 aliphatic rings. The molecule has 3 aromatic carbocycles. The van der Waals surface area contributed by atoms with Gasteiger partial charge in [0, 0.05) is 37.3 Å². The maximum Gasteiger partial charge on any atom is 0.337 e. The van der Waals surface area contributed by atoms with Crippen LogP contribution in [0.2, 0.25) is 0 Å². The van der Waals surface area contributed by atoms with Gasteiger partial charge in [0.15, 0.2) is 5.11 Å². The molecule has 0 unspecified atom stereocenters. The smallest absolute Gasteiger partial charge is 0.337 e. The number of methoxy groups -OCH3 is 1. The molecule has 0 bridgehead atoms. The zero-order chi connectivity index (χ0) is 27.2. The Hall–Kier alpha value is -4.24. The molecule has 3 aromatic rings. The van der Waals surface area contributed by atoms with Crippen molar-refractivity contribution in [2.24, 2.45) is 0 Å². The van der Waals surface area contributed by atoms with Crippen LogP contribution in [0.1, 0.15) is 42.2 Å². The summed E-state index contributed by atoms with van der Waals surface area (Å²) >= 11 is 5.45. The van der Waals surface area contributed by atoms with Gasteiger partial charge >= 0.3 is 5.97 Å². The molecule has 1 aliphatic heterocycles. The number of esters is 1. The second kappa shape index (κ2) is 11.9. The number of nitrogens with zero attached hydrogens (tertiary/aromatic N) is 2. The summed E-state index contributed by atoms with van der Waals surface area (Å²) in [6.45, 7) is 6.12. The molecule has 0 radical (unpaired) electrons. The number of nitrogens with one attached hydrogen (secondary N) is 2. The van der Waals surface area contributed by atoms with E-state index in [-0.39, 0.29) is 16.9 Å². The van der Waals surface area contributed by atoms with E-state index in [4.69, 9.17) is 17.0 Å². The molecular weight excluding hydrogens is 500 g/mol. The van der Waals surface area contributed by atoms with E-state index in [0.717, 1.165) is 16.8 Å². The van der Waals surface area contributed by atoms with E-state index in [1.807, 2.05) is 61.2 Å². The van der Waals surface area contributed by atoms with Gasteiger partial charge < -0.3 is 19.9 Å². The second-order valence-electron chi connectivity index (χ2n) is 9.15. The van der Waals surface area contributed by atoms with E-state index in [1.54, 1.807) is 24.3 Å². The molecular formula is C29H30N4O4S. The average Bonchev–Trinajstić information content (AvgIpc) is 2.92. The Morgan fingerprint density at radius 1 is 0.816 bits per heavy atom. The number of carbonyl (C=O) groups is 3. The molecule has 196 valence electrons. The van der Waals surface area contributed by atoms with E-state index >= 15 is 0 Å². The summed E-state index contributed by atoms with van der Waals surface area (Å²) in [5.74, 6) is -0.809. The highest BCUT2D eigenvalue weighted by atomic mass is 32.1. The number of thiocarbonyl (C=S) groups is 1. The Morgan fingerprint density at radius 2 is 1.47 bits per heavy atom. The summed E-state index contributed by atoms with van der Waals surface area (Å²) in [4.78, 5) is 41.8. The average molecular weight is 531 g/mol. The number of benzene rings is 3. The van der Waals surface area contributed by atoms with Crippen LogP contribution < -0.4 is 15.5 Å². The molecule has 1 heterocycles. The molecule has 38 heavy (non-hydrogen) atoms. The van der Waals surface area contributed by atoms with Gasteiger partial charge in [-0.3, -0.25) is 14.9 Å². The van der Waals surface area contributed by atoms with Crippen LogP contribution in [0.15, 0.2) is 66.7 Å². The van der Waals surface area contributed by atoms with Gasteiger partial charge in [-0.2, -0.15) is 0 Å². The fraction of sp³-hybridized carbons (Fsp3) is 0.241. The molecule has 1 fully saturated rings. The minimum absolute atomic E-state index is 0.0000803. The number of rotatable bonds is 5. The third kappa shape index (κ3) is 6.36. The highest BCUT2D eigenvalue weighted by Crippen LogP contribution is 2.29. The number of amides is 2. The van der Waals surface area contributed by atoms with Crippen LogP contribution in [0.25, 0.3) is 0 Å². The molecule has 0 saturated carbocycles. The fourth-order valence-electron chi connectivity index (χ4n) is 4.51. The van der Waals surface area contributed by atoms with Crippen molar-refractivity contribution < 1.29 is 19.1 Å². The highest BCUT2D eigenvalue weighted by Gasteiger charge is 2.24. The summed E-state index contributed by atoms with van der Waals surface area (Å²) in [6, 6.07) is 20.0. The van der Waals surface area contributed by atoms with Crippen LogP contribution in [-0.2, 0) is 4.74 Å². The summed E-state index contributed by atoms with van der Waals surface area (Å²) in [5, 5.41) is 5.92. The second-order valence-corrected chi connectivity index (χ2v) is 9.56. The molecule has 4 rings (SSSR count). The standard InChI is InChI=1S/C29H30N4O4S/c1-19-15-20(2)17-23(16-19)26(34)31-29(38)30-24-18-22(28(36)37-3)9-10-25(24)32-11-13-33(14-12-32)27(35)21-7-5-4-6-8-21/h4-10,15-18H,11-14H2,1-3H3,(H2,30,31,34,38). The Bertz CT molecular complexity index is 1350. The zero-order valence-electron chi connectivity index (χ0n) is 21.6. The molecule has 1 saturated heterocycles. The summed E-state index contributed by atoms with van der Waals surface area (Å²) in [5.41, 5.74) is 4.83. The first-order chi connectivity index (χ1) is 18.2. The third-order valence-corrected chi connectivity index (χ3v) is 6.51. The van der Waals surface area contributed by atoms with Gasteiger partial charge in [0.05, 0.1) is 24.0 Å². The van der Waals surface area contributed by atoms with Crippen LogP contribution in [0.5, 0.6) is 0 Å². The Kier molecular flexibility index (Phi) is 8.38. The van der Waals surface area contributed by atoms with Crippen molar-refractivity contribution in [2.75, 3.05) is 43.5 Å². The molecule has 0 aliphatic carbocycles. The van der Waals surface area contributed by atoms with Crippen molar-refractivity contribution in [1.29, 1.82) is 0 Å². The minimum atomic E-state index is -0.483. The first kappa shape index (κ1) is 26.8. The Labute approximate surface area is 227 Å². The number of piperazine rings is 1. The molecule has 2 amide bonds. The van der Waals surface area contributed by atoms with Gasteiger partial charge in [0.25, 0.3) is 11.8 Å². The van der Waals surface area contributed by atoms with Crippen molar-refractivity contribution in [3.05, 3.63) is 94.5 Å². The molecule has 0 atom stereocenters. The van der Waals surface area contributed by atoms with Crippen molar-refractivity contribution in [3.8, 4) is 0 Å².